The Hall–Kier alpha value is -2.95. The van der Waals surface area contributed by atoms with Gasteiger partial charge in [0.15, 0.2) is 0 Å². The van der Waals surface area contributed by atoms with Gasteiger partial charge in [0.25, 0.3) is 0 Å². The van der Waals surface area contributed by atoms with Gasteiger partial charge in [-0.2, -0.15) is 0 Å². The summed E-state index contributed by atoms with van der Waals surface area (Å²) < 4.78 is 40.0. The molecule has 0 unspecified atom stereocenters. The number of nitrogens with one attached hydrogen (secondary N) is 1. The highest BCUT2D eigenvalue weighted by atomic mass is 32.2. The number of halogens is 1. The van der Waals surface area contributed by atoms with Crippen molar-refractivity contribution < 1.29 is 17.6 Å². The van der Waals surface area contributed by atoms with Gasteiger partial charge in [-0.05, 0) is 112 Å². The van der Waals surface area contributed by atoms with Crippen molar-refractivity contribution in [1.82, 2.24) is 20.0 Å². The molecule has 4 fully saturated rings. The number of nitrogens with zero attached hydrogens (tertiary/aromatic N) is 4. The van der Waals surface area contributed by atoms with Crippen molar-refractivity contribution in [2.24, 2.45) is 17.8 Å². The van der Waals surface area contributed by atoms with Gasteiger partial charge in [0.2, 0.25) is 9.84 Å². The van der Waals surface area contributed by atoms with E-state index in [1.165, 1.54) is 6.42 Å². The first kappa shape index (κ1) is 32.6. The van der Waals surface area contributed by atoms with E-state index in [1.807, 2.05) is 18.2 Å². The number of hydrogen-bond donors (Lipinski definition) is 1. The van der Waals surface area contributed by atoms with Gasteiger partial charge in [0.1, 0.15) is 5.82 Å². The number of amides is 2. The first-order valence-corrected chi connectivity index (χ1v) is 19.1. The Morgan fingerprint density at radius 1 is 0.957 bits per heavy atom. The molecule has 3 heterocycles. The second kappa shape index (κ2) is 13.2. The molecule has 0 radical (unpaired) electrons. The van der Waals surface area contributed by atoms with Crippen LogP contribution in [0.2, 0.25) is 0 Å². The zero-order valence-corrected chi connectivity index (χ0v) is 28.7. The van der Waals surface area contributed by atoms with Crippen LogP contribution in [0.4, 0.5) is 14.9 Å². The van der Waals surface area contributed by atoms with Crippen molar-refractivity contribution in [2.75, 3.05) is 71.4 Å². The van der Waals surface area contributed by atoms with Crippen LogP contribution < -0.4 is 10.2 Å². The normalized spacial score (nSPS) is 25.4. The highest BCUT2D eigenvalue weighted by Crippen LogP contribution is 2.51. The van der Waals surface area contributed by atoms with Crippen LogP contribution in [0.5, 0.6) is 0 Å². The van der Waals surface area contributed by atoms with Gasteiger partial charge >= 0.3 is 6.03 Å². The van der Waals surface area contributed by atoms with Gasteiger partial charge in [-0.25, -0.2) is 17.6 Å². The van der Waals surface area contributed by atoms with Crippen molar-refractivity contribution in [3.63, 3.8) is 0 Å². The third kappa shape index (κ3) is 6.57. The smallest absolute Gasteiger partial charge is 0.317 e. The van der Waals surface area contributed by atoms with E-state index in [0.29, 0.717) is 28.1 Å². The highest BCUT2D eigenvalue weighted by molar-refractivity contribution is 7.95. The first-order chi connectivity index (χ1) is 22.6. The molecule has 10 heteroatoms. The molecule has 3 aliphatic heterocycles. The number of piperidine rings is 1. The molecule has 1 saturated carbocycles. The molecular formula is C37H50FN5O3S. The molecule has 2 amide bonds. The topological polar surface area (TPSA) is 76.2 Å². The van der Waals surface area contributed by atoms with E-state index in [0.717, 1.165) is 95.7 Å². The van der Waals surface area contributed by atoms with Crippen LogP contribution in [0.1, 0.15) is 50.5 Å². The molecule has 0 aromatic heterocycles. The predicted octanol–water partition coefficient (Wildman–Crippen LogP) is 5.12. The minimum absolute atomic E-state index is 0.0414. The van der Waals surface area contributed by atoms with Crippen LogP contribution in [0, 0.1) is 23.6 Å². The Morgan fingerprint density at radius 2 is 1.68 bits per heavy atom. The van der Waals surface area contributed by atoms with Gasteiger partial charge in [0, 0.05) is 74.7 Å². The number of sulfone groups is 1. The summed E-state index contributed by atoms with van der Waals surface area (Å²) in [5.41, 5.74) is 1.97. The molecule has 8 nitrogen and oxygen atoms in total. The zero-order chi connectivity index (χ0) is 32.8. The molecule has 2 aromatic rings. The van der Waals surface area contributed by atoms with Gasteiger partial charge < -0.3 is 24.9 Å². The Kier molecular flexibility index (Phi) is 9.13. The quantitative estimate of drug-likeness (QED) is 0.360. The maximum atomic E-state index is 15.0. The standard InChI is InChI=1S/C37H50FN5O3S/c1-40(2)36(44)39-35-9-4-8-34(35)37(26-42-18-5-19-42,29-6-3-7-30(38)22-29)28-16-20-41(21-17-28)23-27-24-43(25-27)31-10-12-32(13-11-31)47(45,46)33-14-15-33/h3,6-7,10-14,22,27-28,34-35H,4-5,8-9,15-21,23-26H2,1-2H3,(H,39,44)/t34-,35-,37-/m0/s1. The Morgan fingerprint density at radius 3 is 2.30 bits per heavy atom. The van der Waals surface area contributed by atoms with E-state index >= 15 is 0 Å². The molecule has 254 valence electrons. The summed E-state index contributed by atoms with van der Waals surface area (Å²) >= 11 is 0. The summed E-state index contributed by atoms with van der Waals surface area (Å²) in [6.07, 6.45) is 8.78. The fraction of sp³-hybridized carbons (Fsp3) is 0.595. The Bertz CT molecular complexity index is 1580. The van der Waals surface area contributed by atoms with E-state index in [-0.39, 0.29) is 29.2 Å². The Labute approximate surface area is 279 Å². The van der Waals surface area contributed by atoms with E-state index in [1.54, 1.807) is 49.3 Å². The third-order valence-corrected chi connectivity index (χ3v) is 13.6. The molecule has 47 heavy (non-hydrogen) atoms. The molecule has 0 bridgehead atoms. The number of allylic oxidation sites excluding steroid dienone is 2. The van der Waals surface area contributed by atoms with E-state index < -0.39 is 9.84 Å². The Balaban J connectivity index is 1.03. The highest BCUT2D eigenvalue weighted by Gasteiger charge is 2.53. The second-order valence-corrected chi connectivity index (χ2v) is 16.9. The molecule has 5 aliphatic rings. The van der Waals surface area contributed by atoms with E-state index in [2.05, 4.69) is 26.1 Å². The largest absolute Gasteiger partial charge is 0.371 e. The maximum Gasteiger partial charge on any atom is 0.317 e. The number of anilines is 1. The number of carbonyl (C=O) groups excluding carboxylic acids is 1. The van der Waals surface area contributed by atoms with Crippen LogP contribution in [-0.2, 0) is 15.3 Å². The summed E-state index contributed by atoms with van der Waals surface area (Å²) in [7, 11) is 0.306. The van der Waals surface area contributed by atoms with Crippen molar-refractivity contribution in [1.29, 1.82) is 0 Å². The summed E-state index contributed by atoms with van der Waals surface area (Å²) in [5, 5.41) is 3.38. The third-order valence-electron chi connectivity index (χ3n) is 11.7. The predicted molar refractivity (Wildman–Crippen MR) is 184 cm³/mol. The van der Waals surface area contributed by atoms with Gasteiger partial charge in [0.05, 0.1) is 4.90 Å². The van der Waals surface area contributed by atoms with Crippen molar-refractivity contribution >= 4 is 21.6 Å². The van der Waals surface area contributed by atoms with Crippen LogP contribution in [0.15, 0.2) is 64.4 Å². The van der Waals surface area contributed by atoms with Gasteiger partial charge in [-0.15, -0.1) is 0 Å². The SMILES string of the molecule is CN(C)C(=O)N[C@H]1CCC[C@@H]1[C@](CN1CCC1)(c1cccc(F)c1)C1CCN(CC2CN(c3ccc(S(=O)(=O)C4=CC4)cc3)C2)CC1. The van der Waals surface area contributed by atoms with Crippen LogP contribution in [-0.4, -0.2) is 102 Å². The number of hydrogen-bond acceptors (Lipinski definition) is 6. The van der Waals surface area contributed by atoms with Crippen LogP contribution in [0.25, 0.3) is 0 Å². The minimum atomic E-state index is -3.29. The average molecular weight is 664 g/mol. The molecule has 0 spiro atoms. The number of carbonyl (C=O) groups is 1. The van der Waals surface area contributed by atoms with Crippen LogP contribution >= 0.6 is 0 Å². The average Bonchev–Trinajstić information content (AvgIpc) is 3.79. The number of urea groups is 1. The number of benzene rings is 2. The van der Waals surface area contributed by atoms with Gasteiger partial charge in [-0.3, -0.25) is 0 Å². The monoisotopic (exact) mass is 663 g/mol. The summed E-state index contributed by atoms with van der Waals surface area (Å²) in [5.74, 6) is 1.07. The first-order valence-electron chi connectivity index (χ1n) is 17.6. The number of likely N-dealkylation sites (tertiary alicyclic amines) is 2. The minimum Gasteiger partial charge on any atom is -0.371 e. The van der Waals surface area contributed by atoms with Crippen molar-refractivity contribution in [3.05, 3.63) is 70.9 Å². The fourth-order valence-corrected chi connectivity index (χ4v) is 10.3. The van der Waals surface area contributed by atoms with E-state index in [9.17, 15) is 17.6 Å². The number of rotatable bonds is 11. The molecule has 3 atom stereocenters. The lowest BCUT2D eigenvalue weighted by atomic mass is 9.57. The fourth-order valence-electron chi connectivity index (χ4n) is 8.96. The zero-order valence-electron chi connectivity index (χ0n) is 27.9. The van der Waals surface area contributed by atoms with Crippen molar-refractivity contribution in [2.45, 2.75) is 61.3 Å². The van der Waals surface area contributed by atoms with Crippen LogP contribution in [0.3, 0.4) is 0 Å². The molecule has 2 aliphatic carbocycles. The lowest BCUT2D eigenvalue weighted by Gasteiger charge is -2.54. The summed E-state index contributed by atoms with van der Waals surface area (Å²) in [4.78, 5) is 23.0. The molecule has 2 aromatic carbocycles. The molecule has 1 N–H and O–H groups in total. The molecular weight excluding hydrogens is 614 g/mol. The van der Waals surface area contributed by atoms with E-state index in [4.69, 9.17) is 0 Å². The summed E-state index contributed by atoms with van der Waals surface area (Å²) in [6, 6.07) is 14.8. The maximum absolute atomic E-state index is 15.0. The van der Waals surface area contributed by atoms with Gasteiger partial charge in [-0.1, -0.05) is 24.6 Å². The summed E-state index contributed by atoms with van der Waals surface area (Å²) in [6.45, 7) is 8.19. The van der Waals surface area contributed by atoms with Crippen molar-refractivity contribution in [3.8, 4) is 0 Å². The second-order valence-electron chi connectivity index (χ2n) is 14.9. The molecule has 7 rings (SSSR count). The molecule has 3 saturated heterocycles. The lowest BCUT2D eigenvalue weighted by molar-refractivity contribution is 0.0230. The lowest BCUT2D eigenvalue weighted by Crippen LogP contribution is -2.60.